The van der Waals surface area contributed by atoms with Gasteiger partial charge in [-0.15, -0.1) is 0 Å². The van der Waals surface area contributed by atoms with E-state index in [2.05, 4.69) is 29.3 Å². The molecule has 5 unspecified atom stereocenters. The molecule has 5 fully saturated rings. The summed E-state index contributed by atoms with van der Waals surface area (Å²) < 4.78 is 351. The molecule has 810 valence electrons. The zero-order valence-electron chi connectivity index (χ0n) is 124. The fourth-order valence-corrected chi connectivity index (χ4v) is 23.8. The number of fused-ring (bicyclic) bond motifs is 5. The normalized spacial score (nSPS) is 43.9. The van der Waals surface area contributed by atoms with Gasteiger partial charge in [-0.3, -0.25) is 47.9 Å². The second-order valence-corrected chi connectivity index (χ2v) is 42.8. The number of carbonyl (C=O) groups is 10. The number of carbonyl (C=O) groups excluding carboxylic acids is 10. The van der Waals surface area contributed by atoms with Crippen molar-refractivity contribution >= 4 is 59.7 Å². The van der Waals surface area contributed by atoms with Crippen molar-refractivity contribution < 1.29 is 170 Å². The minimum Gasteiger partial charge on any atom is -0.462 e. The summed E-state index contributed by atoms with van der Waals surface area (Å²) in [6, 6.07) is 0. The minimum absolute atomic E-state index is 0.00587. The number of rotatable bonds is 32. The molecule has 5 saturated heterocycles. The Bertz CT molecular complexity index is 6270. The number of ether oxygens (including phenoxy) is 10. The van der Waals surface area contributed by atoms with Gasteiger partial charge in [0.1, 0.15) is 61.0 Å². The van der Waals surface area contributed by atoms with Gasteiger partial charge in [0, 0.05) is 111 Å². The zero-order valence-corrected chi connectivity index (χ0v) is 85.6. The van der Waals surface area contributed by atoms with Crippen LogP contribution in [0.25, 0.3) is 0 Å². The van der Waals surface area contributed by atoms with Crippen LogP contribution in [0, 0.1) is 148 Å². The summed E-state index contributed by atoms with van der Waals surface area (Å²) in [6.45, 7) is -1.50. The van der Waals surface area contributed by atoms with Crippen LogP contribution in [0.4, 0.5) is 0 Å². The summed E-state index contributed by atoms with van der Waals surface area (Å²) >= 11 is 0. The van der Waals surface area contributed by atoms with Crippen molar-refractivity contribution in [3.8, 4) is 0 Å². The summed E-state index contributed by atoms with van der Waals surface area (Å²) in [5, 5.41) is 38.7. The molecule has 5 N–H and O–H groups in total. The van der Waals surface area contributed by atoms with Crippen molar-refractivity contribution in [3.05, 3.63) is 119 Å². The van der Waals surface area contributed by atoms with Crippen molar-refractivity contribution in [2.45, 2.75) is 422 Å². The lowest BCUT2D eigenvalue weighted by Crippen LogP contribution is -2.42. The number of hydrogen-bond acceptors (Lipinski definition) is 25. The van der Waals surface area contributed by atoms with Gasteiger partial charge in [0.2, 0.25) is 2.86 Å². The van der Waals surface area contributed by atoms with Crippen LogP contribution in [-0.2, 0) is 95.3 Å². The summed E-state index contributed by atoms with van der Waals surface area (Å²) in [5.41, 5.74) is 4.13. The van der Waals surface area contributed by atoms with Crippen molar-refractivity contribution in [2.24, 2.45) is 148 Å². The lowest BCUT2D eigenvalue weighted by atomic mass is 9.65. The van der Waals surface area contributed by atoms with E-state index in [0.717, 1.165) is 35.6 Å². The SMILES string of the molecule is [2H]C([2H])([2H])[C@H]1C=C2C=C[C@H](C)[C@H](CCC3C[C@@H](O)CC(=O)O3)[C@H]2[C@@H](OC(=O)[C@@H](C)C([2H])([2H])C([2H])([2H])[2H])C1.[2H]C([2H])([2H])[C@H]1C=C2C=C[C@H](C)[C@H](CCC3C[C@@H](O)CC(=O)O3)[C@H]2[C@@H](OC(=O)[C@@H](C)CC)C1.[2H]C([2H])([2H])[C@H]1C=C2C=C[C@H](C)[C@H](CCC3C[C@@H](O)CC(=O)O3)[C@H]2[C@@H](OC(=O)[C@H](CC)C([2H])([2H])[2H])C1.[2H]O[C@@H]1CC(CC[C@@H]2[C@@H]3C(=C[C@H](C)C[C@@H]3OC(=O)[C@@]([2H])(C([2H])([2H])[2H])C([2H])([2H])C([2H])([2H])[2H])C=C[C@@H]2C)OC(=O)C1([2H])[2H].[2H]O[C@@H]1CC(CC[C@@H]2[C@@H]3C(=C[C@H](C)C[C@@H]3OC(=O)[C@@]([2H])(C)C([2H])([2H])C([2H])([2H])[2H])C=C[C@@H]2C)OC(=O)C1([2H])[2H]. The quantitative estimate of drug-likeness (QED) is 0.0308. The lowest BCUT2D eigenvalue weighted by Gasteiger charge is -2.43. The topological polar surface area (TPSA) is 364 Å². The summed E-state index contributed by atoms with van der Waals surface area (Å²) in [7, 11) is 0. The predicted octanol–water partition coefficient (Wildman–Crippen LogP) is 21.0. The Labute approximate surface area is 918 Å². The van der Waals surface area contributed by atoms with Crippen LogP contribution in [-0.4, -0.2) is 180 Å². The Balaban J connectivity index is 0.000000212. The molecule has 0 aromatic heterocycles. The molecule has 0 aromatic carbocycles. The van der Waals surface area contributed by atoms with Crippen LogP contribution in [0.15, 0.2) is 119 Å². The first kappa shape index (κ1) is 74.0. The Morgan fingerprint density at radius 2 is 0.614 bits per heavy atom. The molecule has 0 saturated carbocycles. The summed E-state index contributed by atoms with van der Waals surface area (Å²) in [4.78, 5) is 125. The van der Waals surface area contributed by atoms with Gasteiger partial charge in [-0.25, -0.2) is 0 Å². The molecule has 15 rings (SSSR count). The van der Waals surface area contributed by atoms with Crippen molar-refractivity contribution in [3.63, 3.8) is 0 Å². The van der Waals surface area contributed by atoms with E-state index in [1.165, 1.54) is 6.92 Å². The second kappa shape index (κ2) is 55.1. The molecule has 145 heavy (non-hydrogen) atoms. The van der Waals surface area contributed by atoms with E-state index >= 15 is 0 Å². The molecular weight excluding hydrogens is 1840 g/mol. The van der Waals surface area contributed by atoms with Gasteiger partial charge in [-0.1, -0.05) is 229 Å². The van der Waals surface area contributed by atoms with Crippen LogP contribution in [0.1, 0.15) is 380 Å². The minimum atomic E-state index is -3.76. The van der Waals surface area contributed by atoms with Gasteiger partial charge in [-0.05, 0) is 245 Å². The number of aliphatic hydroxyl groups excluding tert-OH is 5. The molecule has 0 aromatic rings. The zero-order chi connectivity index (χ0) is 138. The van der Waals surface area contributed by atoms with E-state index in [1.54, 1.807) is 19.1 Å². The molecule has 25 nitrogen and oxygen atoms in total. The van der Waals surface area contributed by atoms with Crippen molar-refractivity contribution in [1.82, 2.24) is 0 Å². The van der Waals surface area contributed by atoms with E-state index in [0.29, 0.717) is 89.0 Å². The lowest BCUT2D eigenvalue weighted by molar-refractivity contribution is -0.162. The second-order valence-electron chi connectivity index (χ2n) is 42.8. The number of aliphatic hydroxyl groups is 5. The van der Waals surface area contributed by atoms with Gasteiger partial charge in [0.15, 0.2) is 0 Å². The Morgan fingerprint density at radius 3 is 0.890 bits per heavy atom. The fraction of sp³-hybridized carbons (Fsp3) is 0.750. The van der Waals surface area contributed by atoms with Crippen LogP contribution in [0.5, 0.6) is 0 Å². The molecule has 25 heteroatoms. The molecule has 0 radical (unpaired) electrons. The van der Waals surface area contributed by atoms with Crippen molar-refractivity contribution in [2.75, 3.05) is 0 Å². The molecular formula is C120H180O25. The van der Waals surface area contributed by atoms with E-state index in [4.69, 9.17) is 99.6 Å². The highest BCUT2D eigenvalue weighted by atomic mass is 16.6. The van der Waals surface area contributed by atoms with E-state index < -0.39 is 273 Å². The van der Waals surface area contributed by atoms with E-state index in [1.807, 2.05) is 122 Å². The molecule has 0 spiro atoms. The van der Waals surface area contributed by atoms with Gasteiger partial charge < -0.3 is 72.9 Å². The standard InChI is InChI=1S/5C24H36O5/c5*1-5-15(3)24(27)29-21-11-14(2)10-17-7-6-16(4)20(23(17)21)9-8-19-12-18(25)13-22(26)28-19/h5*6-7,10,14-16,18-21,23,25H,5,8-9,11-13H2,1-4H3/t5*14-,15-,16-,18+,19?,20-,21-,23-/m00000/s1/i1D3,3D3,5D2,13D2,15D,25D;1D3,5D2,13D2,15D,25D;1D3,2D3,5D2;2D3,3D3;2D3. The average Bonchev–Trinajstić information content (AvgIpc) is 0.709. The van der Waals surface area contributed by atoms with Gasteiger partial charge in [-0.2, -0.15) is 0 Å². The number of hydrogen-bond donors (Lipinski definition) is 5. The maximum absolute atomic E-state index is 13.4. The monoisotopic (exact) mass is 2060 g/mol. The number of esters is 10. The highest BCUT2D eigenvalue weighted by molar-refractivity contribution is 5.76. The third-order valence-electron chi connectivity index (χ3n) is 31.7. The average molecular weight is 2060 g/mol. The molecule has 5 heterocycles. The maximum Gasteiger partial charge on any atom is 0.308 e. The van der Waals surface area contributed by atoms with E-state index in [-0.39, 0.29) is 183 Å². The van der Waals surface area contributed by atoms with Gasteiger partial charge in [0.25, 0.3) is 0 Å². The van der Waals surface area contributed by atoms with Crippen LogP contribution < -0.4 is 0 Å². The first-order valence-corrected chi connectivity index (χ1v) is 52.4. The number of cyclic esters (lactones) is 5. The van der Waals surface area contributed by atoms with Gasteiger partial charge >= 0.3 is 59.7 Å². The van der Waals surface area contributed by atoms with Gasteiger partial charge in [0.05, 0.1) is 92.1 Å². The number of allylic oxidation sites excluding steroid dienone is 15. The summed E-state index contributed by atoms with van der Waals surface area (Å²) in [6.07, 6.45) is 11.0. The van der Waals surface area contributed by atoms with Crippen LogP contribution in [0.2, 0.25) is 0 Å². The van der Waals surface area contributed by atoms with Crippen molar-refractivity contribution in [1.29, 1.82) is 2.86 Å². The summed E-state index contributed by atoms with van der Waals surface area (Å²) in [5.74, 6) is -22.3. The first-order valence-electron chi connectivity index (χ1n) is 71.2. The molecule has 0 amide bonds. The molecule has 10 aliphatic carbocycles. The Hall–Kier alpha value is -8.10. The Kier molecular flexibility index (Phi) is 28.1. The third-order valence-corrected chi connectivity index (χ3v) is 31.7. The largest absolute Gasteiger partial charge is 0.462 e. The molecule has 40 atom stereocenters. The Morgan fingerprint density at radius 1 is 0.352 bits per heavy atom. The molecule has 5 aliphatic heterocycles. The van der Waals surface area contributed by atoms with Crippen LogP contribution in [0.3, 0.4) is 0 Å². The highest BCUT2D eigenvalue weighted by Gasteiger charge is 2.50. The third kappa shape index (κ3) is 33.0. The first-order chi connectivity index (χ1) is 84.0. The molecule has 15 aliphatic rings. The fourth-order valence-electron chi connectivity index (χ4n) is 23.8. The predicted molar refractivity (Wildman–Crippen MR) is 554 cm³/mol. The maximum atomic E-state index is 13.4. The highest BCUT2D eigenvalue weighted by Crippen LogP contribution is 2.53. The van der Waals surface area contributed by atoms with Crippen LogP contribution >= 0.6 is 0 Å². The van der Waals surface area contributed by atoms with E-state index in [9.17, 15) is 63.3 Å². The smallest absolute Gasteiger partial charge is 0.308 e. The molecule has 0 bridgehead atoms.